The molecule has 0 spiro atoms. The largest absolute Gasteiger partial charge is 0.378 e. The molecule has 1 saturated heterocycles. The highest BCUT2D eigenvalue weighted by Gasteiger charge is 2.21. The standard InChI is InChI=1S/C17H21FN4O3.ClH/c1-10-7-12(3-4-14(10)18)16-21-17(25-22-16)11(2)20-15(23)8-13-9-24-6-5-19-13;/h3-4,7,11,13,19H,5-6,8-9H2,1-2H3,(H,20,23);1H. The molecule has 26 heavy (non-hydrogen) atoms. The summed E-state index contributed by atoms with van der Waals surface area (Å²) in [4.78, 5) is 16.4. The Morgan fingerprint density at radius 1 is 1.50 bits per heavy atom. The van der Waals surface area contributed by atoms with Crippen LogP contribution < -0.4 is 10.6 Å². The SMILES string of the molecule is Cc1cc(-c2noc(C(C)NC(=O)CC3COCCN3)n2)ccc1F.Cl. The molecule has 2 atom stereocenters. The van der Waals surface area contributed by atoms with Gasteiger partial charge in [-0.1, -0.05) is 5.16 Å². The summed E-state index contributed by atoms with van der Waals surface area (Å²) >= 11 is 0. The Morgan fingerprint density at radius 3 is 3.00 bits per heavy atom. The van der Waals surface area contributed by atoms with Gasteiger partial charge in [0.1, 0.15) is 11.9 Å². The summed E-state index contributed by atoms with van der Waals surface area (Å²) < 4.78 is 23.9. The first-order chi connectivity index (χ1) is 12.0. The van der Waals surface area contributed by atoms with Crippen molar-refractivity contribution in [2.75, 3.05) is 19.8 Å². The number of hydrogen-bond acceptors (Lipinski definition) is 6. The average molecular weight is 385 g/mol. The summed E-state index contributed by atoms with van der Waals surface area (Å²) in [6, 6.07) is 4.21. The Labute approximate surface area is 157 Å². The molecule has 7 nitrogen and oxygen atoms in total. The zero-order valence-corrected chi connectivity index (χ0v) is 15.4. The van der Waals surface area contributed by atoms with Crippen molar-refractivity contribution in [2.24, 2.45) is 0 Å². The molecule has 2 aromatic rings. The fourth-order valence-electron chi connectivity index (χ4n) is 2.65. The molecule has 2 N–H and O–H groups in total. The lowest BCUT2D eigenvalue weighted by molar-refractivity contribution is -0.123. The number of rotatable bonds is 5. The predicted octanol–water partition coefficient (Wildman–Crippen LogP) is 2.16. The van der Waals surface area contributed by atoms with E-state index in [1.807, 2.05) is 0 Å². The second-order valence-corrected chi connectivity index (χ2v) is 6.14. The number of morpholine rings is 1. The quantitative estimate of drug-likeness (QED) is 0.821. The van der Waals surface area contributed by atoms with Crippen LogP contribution >= 0.6 is 12.4 Å². The molecule has 1 amide bonds. The van der Waals surface area contributed by atoms with Crippen molar-refractivity contribution >= 4 is 18.3 Å². The maximum absolute atomic E-state index is 13.4. The number of ether oxygens (including phenoxy) is 1. The van der Waals surface area contributed by atoms with Crippen molar-refractivity contribution in [3.8, 4) is 11.4 Å². The van der Waals surface area contributed by atoms with Crippen LogP contribution in [0.3, 0.4) is 0 Å². The molecule has 1 aliphatic heterocycles. The van der Waals surface area contributed by atoms with E-state index in [2.05, 4.69) is 20.8 Å². The van der Waals surface area contributed by atoms with Gasteiger partial charge in [-0.15, -0.1) is 12.4 Å². The van der Waals surface area contributed by atoms with Crippen LogP contribution in [0.25, 0.3) is 11.4 Å². The number of amides is 1. The van der Waals surface area contributed by atoms with Gasteiger partial charge in [0.05, 0.1) is 13.2 Å². The second kappa shape index (κ2) is 9.07. The zero-order chi connectivity index (χ0) is 17.8. The number of benzene rings is 1. The van der Waals surface area contributed by atoms with Crippen molar-refractivity contribution < 1.29 is 18.4 Å². The Hall–Kier alpha value is -2.03. The smallest absolute Gasteiger partial charge is 0.249 e. The van der Waals surface area contributed by atoms with Gasteiger partial charge in [0.25, 0.3) is 0 Å². The first kappa shape index (κ1) is 20.3. The third kappa shape index (κ3) is 5.00. The van der Waals surface area contributed by atoms with Crippen LogP contribution in [0.2, 0.25) is 0 Å². The maximum atomic E-state index is 13.4. The Kier molecular flexibility index (Phi) is 7.07. The summed E-state index contributed by atoms with van der Waals surface area (Å²) in [6.45, 7) is 5.39. The van der Waals surface area contributed by atoms with Crippen LogP contribution in [0.1, 0.15) is 30.8 Å². The number of aryl methyl sites for hydroxylation is 1. The van der Waals surface area contributed by atoms with E-state index >= 15 is 0 Å². The van der Waals surface area contributed by atoms with E-state index < -0.39 is 6.04 Å². The Bertz CT molecular complexity index is 749. The van der Waals surface area contributed by atoms with Gasteiger partial charge in [-0.3, -0.25) is 4.79 Å². The molecule has 0 bridgehead atoms. The van der Waals surface area contributed by atoms with Gasteiger partial charge in [-0.05, 0) is 37.6 Å². The van der Waals surface area contributed by atoms with Gasteiger partial charge in [-0.25, -0.2) is 4.39 Å². The zero-order valence-electron chi connectivity index (χ0n) is 14.6. The van der Waals surface area contributed by atoms with Crippen LogP contribution in [-0.4, -0.2) is 41.8 Å². The van der Waals surface area contributed by atoms with Crippen molar-refractivity contribution in [1.82, 2.24) is 20.8 Å². The predicted molar refractivity (Wildman–Crippen MR) is 95.5 cm³/mol. The molecule has 9 heteroatoms. The van der Waals surface area contributed by atoms with Gasteiger partial charge in [-0.2, -0.15) is 4.98 Å². The molecule has 2 heterocycles. The summed E-state index contributed by atoms with van der Waals surface area (Å²) in [5.74, 6) is 0.265. The maximum Gasteiger partial charge on any atom is 0.249 e. The van der Waals surface area contributed by atoms with E-state index in [9.17, 15) is 9.18 Å². The molecule has 0 radical (unpaired) electrons. The van der Waals surface area contributed by atoms with Gasteiger partial charge < -0.3 is 19.9 Å². The van der Waals surface area contributed by atoms with Gasteiger partial charge in [0.15, 0.2) is 0 Å². The van der Waals surface area contributed by atoms with Gasteiger partial charge in [0, 0.05) is 24.6 Å². The topological polar surface area (TPSA) is 89.3 Å². The number of halogens is 2. The van der Waals surface area contributed by atoms with Crippen LogP contribution in [0.5, 0.6) is 0 Å². The first-order valence-electron chi connectivity index (χ1n) is 8.23. The minimum Gasteiger partial charge on any atom is -0.378 e. The first-order valence-corrected chi connectivity index (χ1v) is 8.23. The molecule has 1 aromatic carbocycles. The molecule has 1 aromatic heterocycles. The molecule has 0 saturated carbocycles. The van der Waals surface area contributed by atoms with Crippen LogP contribution in [-0.2, 0) is 9.53 Å². The lowest BCUT2D eigenvalue weighted by atomic mass is 10.1. The number of nitrogens with zero attached hydrogens (tertiary/aromatic N) is 2. The van der Waals surface area contributed by atoms with E-state index in [-0.39, 0.29) is 30.2 Å². The minimum absolute atomic E-state index is 0. The third-order valence-electron chi connectivity index (χ3n) is 4.04. The summed E-state index contributed by atoms with van der Waals surface area (Å²) in [5.41, 5.74) is 1.17. The highest BCUT2D eigenvalue weighted by molar-refractivity contribution is 5.85. The van der Waals surface area contributed by atoms with Crippen molar-refractivity contribution in [2.45, 2.75) is 32.4 Å². The molecule has 142 valence electrons. The minimum atomic E-state index is -0.417. The lowest BCUT2D eigenvalue weighted by Crippen LogP contribution is -2.44. The highest BCUT2D eigenvalue weighted by atomic mass is 35.5. The number of aromatic nitrogens is 2. The Balaban J connectivity index is 0.00000243. The summed E-state index contributed by atoms with van der Waals surface area (Å²) in [5, 5.41) is 9.98. The van der Waals surface area contributed by atoms with Gasteiger partial charge >= 0.3 is 0 Å². The second-order valence-electron chi connectivity index (χ2n) is 6.14. The number of nitrogens with one attached hydrogen (secondary N) is 2. The molecule has 3 rings (SSSR count). The Morgan fingerprint density at radius 2 is 2.31 bits per heavy atom. The lowest BCUT2D eigenvalue weighted by Gasteiger charge is -2.23. The number of hydrogen-bond donors (Lipinski definition) is 2. The van der Waals surface area contributed by atoms with Crippen molar-refractivity contribution in [1.29, 1.82) is 0 Å². The van der Waals surface area contributed by atoms with E-state index in [0.29, 0.717) is 42.5 Å². The monoisotopic (exact) mass is 384 g/mol. The summed E-state index contributed by atoms with van der Waals surface area (Å²) in [6.07, 6.45) is 0.322. The van der Waals surface area contributed by atoms with E-state index in [1.165, 1.54) is 6.07 Å². The fourth-order valence-corrected chi connectivity index (χ4v) is 2.65. The highest BCUT2D eigenvalue weighted by Crippen LogP contribution is 2.21. The normalized spacial score (nSPS) is 18.0. The van der Waals surface area contributed by atoms with Crippen molar-refractivity contribution in [3.05, 3.63) is 35.5 Å². The van der Waals surface area contributed by atoms with E-state index in [4.69, 9.17) is 9.26 Å². The van der Waals surface area contributed by atoms with E-state index in [1.54, 1.807) is 26.0 Å². The molecule has 2 unspecified atom stereocenters. The van der Waals surface area contributed by atoms with Crippen molar-refractivity contribution in [3.63, 3.8) is 0 Å². The number of carbonyl (C=O) groups excluding carboxylic acids is 1. The average Bonchev–Trinajstić information content (AvgIpc) is 3.08. The van der Waals surface area contributed by atoms with Crippen LogP contribution in [0.15, 0.2) is 22.7 Å². The molecule has 1 fully saturated rings. The van der Waals surface area contributed by atoms with Crippen LogP contribution in [0, 0.1) is 12.7 Å². The third-order valence-corrected chi connectivity index (χ3v) is 4.04. The molecular formula is C17H22ClFN4O3. The van der Waals surface area contributed by atoms with Gasteiger partial charge in [0.2, 0.25) is 17.6 Å². The number of carbonyl (C=O) groups is 1. The molecule has 0 aliphatic carbocycles. The van der Waals surface area contributed by atoms with Crippen LogP contribution in [0.4, 0.5) is 4.39 Å². The fraction of sp³-hybridized carbons (Fsp3) is 0.471. The van der Waals surface area contributed by atoms with E-state index in [0.717, 1.165) is 6.54 Å². The molecular weight excluding hydrogens is 363 g/mol. The summed E-state index contributed by atoms with van der Waals surface area (Å²) in [7, 11) is 0. The molecule has 1 aliphatic rings.